The first kappa shape index (κ1) is 14.0. The number of nitrogens with zero attached hydrogens (tertiary/aromatic N) is 2. The van der Waals surface area contributed by atoms with Gasteiger partial charge in [0.15, 0.2) is 4.67 Å². The summed E-state index contributed by atoms with van der Waals surface area (Å²) < 4.78 is 31.6. The van der Waals surface area contributed by atoms with Crippen LogP contribution >= 0.6 is 15.9 Å². The largest absolute Gasteiger partial charge is 0.453 e. The van der Waals surface area contributed by atoms with E-state index in [4.69, 9.17) is 10.2 Å². The second-order valence-corrected chi connectivity index (χ2v) is 6.65. The van der Waals surface area contributed by atoms with Crippen molar-refractivity contribution < 1.29 is 12.8 Å². The average Bonchev–Trinajstić information content (AvgIpc) is 2.75. The van der Waals surface area contributed by atoms with E-state index >= 15 is 0 Å². The number of hydrogen-bond donors (Lipinski definition) is 1. The number of nitrogens with two attached hydrogens (primary N) is 1. The van der Waals surface area contributed by atoms with Crippen LogP contribution in [0.15, 0.2) is 44.4 Å². The molecule has 0 atom stereocenters. The number of hydrogen-bond acceptors (Lipinski definition) is 5. The number of furan rings is 1. The maximum atomic E-state index is 12.3. The van der Waals surface area contributed by atoms with Gasteiger partial charge in [0.2, 0.25) is 10.0 Å². The number of halogens is 1. The SMILES string of the molecule is CN(Cc1ccc(Br)o1)S(=O)(=O)c1cccnc1N. The lowest BCUT2D eigenvalue weighted by atomic mass is 10.4. The van der Waals surface area contributed by atoms with Crippen LogP contribution in [0.25, 0.3) is 0 Å². The van der Waals surface area contributed by atoms with Crippen LogP contribution in [0.2, 0.25) is 0 Å². The van der Waals surface area contributed by atoms with Crippen molar-refractivity contribution in [3.8, 4) is 0 Å². The number of nitrogen functional groups attached to an aromatic ring is 1. The minimum atomic E-state index is -3.69. The number of sulfonamides is 1. The molecule has 0 saturated carbocycles. The van der Waals surface area contributed by atoms with Gasteiger partial charge in [0.25, 0.3) is 0 Å². The van der Waals surface area contributed by atoms with E-state index in [0.717, 1.165) is 4.31 Å². The van der Waals surface area contributed by atoms with Crippen molar-refractivity contribution in [1.29, 1.82) is 0 Å². The third-order valence-corrected chi connectivity index (χ3v) is 4.77. The Morgan fingerprint density at radius 2 is 2.16 bits per heavy atom. The molecule has 2 aromatic rings. The van der Waals surface area contributed by atoms with Gasteiger partial charge in [-0.15, -0.1) is 0 Å². The topological polar surface area (TPSA) is 89.4 Å². The molecule has 2 rings (SSSR count). The highest BCUT2D eigenvalue weighted by molar-refractivity contribution is 9.10. The van der Waals surface area contributed by atoms with E-state index in [-0.39, 0.29) is 17.3 Å². The van der Waals surface area contributed by atoms with Gasteiger partial charge >= 0.3 is 0 Å². The summed E-state index contributed by atoms with van der Waals surface area (Å²) in [6, 6.07) is 6.35. The third kappa shape index (κ3) is 2.96. The second kappa shape index (κ2) is 5.32. The van der Waals surface area contributed by atoms with Gasteiger partial charge in [-0.2, -0.15) is 4.31 Å². The van der Waals surface area contributed by atoms with Crippen LogP contribution in [0.5, 0.6) is 0 Å². The van der Waals surface area contributed by atoms with Gasteiger partial charge < -0.3 is 10.2 Å². The van der Waals surface area contributed by atoms with Gasteiger partial charge in [-0.25, -0.2) is 13.4 Å². The van der Waals surface area contributed by atoms with E-state index in [1.165, 1.54) is 25.4 Å². The zero-order valence-electron chi connectivity index (χ0n) is 10.1. The van der Waals surface area contributed by atoms with Crippen molar-refractivity contribution in [2.45, 2.75) is 11.4 Å². The molecule has 0 amide bonds. The molecule has 0 aliphatic carbocycles. The number of pyridine rings is 1. The van der Waals surface area contributed by atoms with Gasteiger partial charge in [0, 0.05) is 13.2 Å². The molecule has 102 valence electrons. The molecule has 2 heterocycles. The summed E-state index contributed by atoms with van der Waals surface area (Å²) in [5.41, 5.74) is 5.59. The first-order chi connectivity index (χ1) is 8.91. The maximum Gasteiger partial charge on any atom is 0.246 e. The van der Waals surface area contributed by atoms with E-state index in [1.807, 2.05) is 0 Å². The Morgan fingerprint density at radius 1 is 1.42 bits per heavy atom. The van der Waals surface area contributed by atoms with Gasteiger partial charge in [0.1, 0.15) is 16.5 Å². The van der Waals surface area contributed by atoms with Gasteiger partial charge in [-0.1, -0.05) is 0 Å². The highest BCUT2D eigenvalue weighted by Crippen LogP contribution is 2.22. The van der Waals surface area contributed by atoms with Crippen molar-refractivity contribution in [1.82, 2.24) is 9.29 Å². The van der Waals surface area contributed by atoms with Crippen LogP contribution in [0, 0.1) is 0 Å². The number of anilines is 1. The van der Waals surface area contributed by atoms with E-state index in [0.29, 0.717) is 10.4 Å². The molecule has 0 aliphatic heterocycles. The van der Waals surface area contributed by atoms with E-state index in [9.17, 15) is 8.42 Å². The molecular formula is C11H12BrN3O3S. The zero-order valence-corrected chi connectivity index (χ0v) is 12.5. The molecule has 0 bridgehead atoms. The van der Waals surface area contributed by atoms with Crippen LogP contribution in [0.4, 0.5) is 5.82 Å². The van der Waals surface area contributed by atoms with Crippen molar-refractivity contribution in [2.75, 3.05) is 12.8 Å². The average molecular weight is 346 g/mol. The fourth-order valence-corrected chi connectivity index (χ4v) is 3.07. The van der Waals surface area contributed by atoms with Crippen molar-refractivity contribution in [3.63, 3.8) is 0 Å². The molecule has 6 nitrogen and oxygen atoms in total. The minimum absolute atomic E-state index is 0.0110. The molecule has 0 aliphatic rings. The smallest absolute Gasteiger partial charge is 0.246 e. The van der Waals surface area contributed by atoms with Gasteiger partial charge in [0.05, 0.1) is 6.54 Å². The summed E-state index contributed by atoms with van der Waals surface area (Å²) in [7, 11) is -2.23. The Balaban J connectivity index is 2.27. The summed E-state index contributed by atoms with van der Waals surface area (Å²) in [5.74, 6) is 0.510. The molecule has 19 heavy (non-hydrogen) atoms. The van der Waals surface area contributed by atoms with Crippen LogP contribution in [-0.2, 0) is 16.6 Å². The Labute approximate surface area is 119 Å². The van der Waals surface area contributed by atoms with Crippen molar-refractivity contribution >= 4 is 31.8 Å². The summed E-state index contributed by atoms with van der Waals surface area (Å²) in [6.45, 7) is 0.113. The van der Waals surface area contributed by atoms with E-state index < -0.39 is 10.0 Å². The zero-order chi connectivity index (χ0) is 14.0. The van der Waals surface area contributed by atoms with Crippen LogP contribution in [0.3, 0.4) is 0 Å². The molecule has 0 spiro atoms. The fourth-order valence-electron chi connectivity index (χ4n) is 1.53. The fraction of sp³-hybridized carbons (Fsp3) is 0.182. The summed E-state index contributed by atoms with van der Waals surface area (Å²) in [6.07, 6.45) is 1.44. The van der Waals surface area contributed by atoms with Crippen LogP contribution in [-0.4, -0.2) is 24.8 Å². The molecule has 0 saturated heterocycles. The molecule has 2 aromatic heterocycles. The Kier molecular flexibility index (Phi) is 3.93. The predicted molar refractivity (Wildman–Crippen MR) is 73.7 cm³/mol. The number of rotatable bonds is 4. The van der Waals surface area contributed by atoms with E-state index in [2.05, 4.69) is 20.9 Å². The Morgan fingerprint density at radius 3 is 2.74 bits per heavy atom. The summed E-state index contributed by atoms with van der Waals surface area (Å²) in [5, 5.41) is 0. The lowest BCUT2D eigenvalue weighted by Gasteiger charge is -2.16. The lowest BCUT2D eigenvalue weighted by Crippen LogP contribution is -2.27. The predicted octanol–water partition coefficient (Wildman–Crippen LogP) is 1.84. The lowest BCUT2D eigenvalue weighted by molar-refractivity contribution is 0.398. The van der Waals surface area contributed by atoms with Gasteiger partial charge in [-0.05, 0) is 40.2 Å². The molecule has 2 N–H and O–H groups in total. The monoisotopic (exact) mass is 345 g/mol. The number of aromatic nitrogens is 1. The Hall–Kier alpha value is -1.38. The Bertz CT molecular complexity index is 684. The van der Waals surface area contributed by atoms with Crippen molar-refractivity contribution in [3.05, 3.63) is 40.9 Å². The van der Waals surface area contributed by atoms with E-state index in [1.54, 1.807) is 12.1 Å². The van der Waals surface area contributed by atoms with Crippen LogP contribution < -0.4 is 5.73 Å². The second-order valence-electron chi connectivity index (χ2n) is 3.85. The standard InChI is InChI=1S/C11H12BrN3O3S/c1-15(7-8-4-5-10(12)18-8)19(16,17)9-3-2-6-14-11(9)13/h2-6H,7H2,1H3,(H2,13,14). The van der Waals surface area contributed by atoms with Crippen LogP contribution in [0.1, 0.15) is 5.76 Å². The summed E-state index contributed by atoms with van der Waals surface area (Å²) >= 11 is 3.16. The highest BCUT2D eigenvalue weighted by Gasteiger charge is 2.24. The molecule has 8 heteroatoms. The molecule has 0 radical (unpaired) electrons. The summed E-state index contributed by atoms with van der Waals surface area (Å²) in [4.78, 5) is 3.77. The molecular weight excluding hydrogens is 334 g/mol. The quantitative estimate of drug-likeness (QED) is 0.912. The first-order valence-corrected chi connectivity index (χ1v) is 7.55. The molecule has 0 unspecified atom stereocenters. The van der Waals surface area contributed by atoms with Gasteiger partial charge in [-0.3, -0.25) is 0 Å². The van der Waals surface area contributed by atoms with Crippen molar-refractivity contribution in [2.24, 2.45) is 0 Å². The third-order valence-electron chi connectivity index (χ3n) is 2.50. The minimum Gasteiger partial charge on any atom is -0.453 e. The maximum absolute atomic E-state index is 12.3. The molecule has 0 aromatic carbocycles. The normalized spacial score (nSPS) is 11.9. The first-order valence-electron chi connectivity index (χ1n) is 5.32. The highest BCUT2D eigenvalue weighted by atomic mass is 79.9. The molecule has 0 fully saturated rings.